The lowest BCUT2D eigenvalue weighted by molar-refractivity contribution is 0.229. The van der Waals surface area contributed by atoms with Crippen LogP contribution in [-0.2, 0) is 0 Å². The standard InChI is InChI=1S/C16H26N4/c1-16(2)8-4-5-12(10-16)18-14-9-13(17-3)19-15(20-14)11-6-7-11/h9,11-12H,4-8,10H2,1-3H3,(H2,17,18,19,20). The van der Waals surface area contributed by atoms with Crippen molar-refractivity contribution in [3.8, 4) is 0 Å². The number of hydrogen-bond acceptors (Lipinski definition) is 4. The molecule has 4 nitrogen and oxygen atoms in total. The van der Waals surface area contributed by atoms with Crippen molar-refractivity contribution in [2.75, 3.05) is 17.7 Å². The molecule has 0 amide bonds. The van der Waals surface area contributed by atoms with E-state index in [1.807, 2.05) is 13.1 Å². The van der Waals surface area contributed by atoms with Gasteiger partial charge in [-0.15, -0.1) is 0 Å². The van der Waals surface area contributed by atoms with Crippen LogP contribution in [0.25, 0.3) is 0 Å². The van der Waals surface area contributed by atoms with Crippen LogP contribution in [0.15, 0.2) is 6.07 Å². The minimum atomic E-state index is 0.452. The third-order valence-electron chi connectivity index (χ3n) is 4.50. The molecule has 1 unspecified atom stereocenters. The minimum absolute atomic E-state index is 0.452. The Kier molecular flexibility index (Phi) is 3.57. The van der Waals surface area contributed by atoms with Crippen LogP contribution in [0.1, 0.15) is 64.1 Å². The zero-order valence-electron chi connectivity index (χ0n) is 12.9. The molecule has 3 rings (SSSR count). The van der Waals surface area contributed by atoms with Gasteiger partial charge in [-0.1, -0.05) is 20.3 Å². The molecule has 0 bridgehead atoms. The minimum Gasteiger partial charge on any atom is -0.373 e. The Morgan fingerprint density at radius 1 is 1.15 bits per heavy atom. The molecule has 1 aromatic rings. The van der Waals surface area contributed by atoms with E-state index in [4.69, 9.17) is 4.98 Å². The summed E-state index contributed by atoms with van der Waals surface area (Å²) in [6.45, 7) is 4.74. The summed E-state index contributed by atoms with van der Waals surface area (Å²) in [6.07, 6.45) is 7.60. The van der Waals surface area contributed by atoms with E-state index in [1.165, 1.54) is 38.5 Å². The zero-order chi connectivity index (χ0) is 14.2. The summed E-state index contributed by atoms with van der Waals surface area (Å²) in [5, 5.41) is 6.80. The SMILES string of the molecule is CNc1cc(NC2CCCC(C)(C)C2)nc(C2CC2)n1. The van der Waals surface area contributed by atoms with Gasteiger partial charge in [0.1, 0.15) is 17.5 Å². The first-order valence-electron chi connectivity index (χ1n) is 7.89. The topological polar surface area (TPSA) is 49.8 Å². The zero-order valence-corrected chi connectivity index (χ0v) is 12.9. The van der Waals surface area contributed by atoms with Gasteiger partial charge in [-0.3, -0.25) is 0 Å². The van der Waals surface area contributed by atoms with Crippen LogP contribution in [0.5, 0.6) is 0 Å². The van der Waals surface area contributed by atoms with E-state index in [-0.39, 0.29) is 0 Å². The Bertz CT molecular complexity index is 479. The summed E-state index contributed by atoms with van der Waals surface area (Å²) in [4.78, 5) is 9.30. The van der Waals surface area contributed by atoms with Crippen LogP contribution >= 0.6 is 0 Å². The van der Waals surface area contributed by atoms with Crippen LogP contribution in [-0.4, -0.2) is 23.1 Å². The Balaban J connectivity index is 1.74. The monoisotopic (exact) mass is 274 g/mol. The predicted molar refractivity (Wildman–Crippen MR) is 83.2 cm³/mol. The van der Waals surface area contributed by atoms with Gasteiger partial charge in [-0.25, -0.2) is 9.97 Å². The summed E-state index contributed by atoms with van der Waals surface area (Å²) >= 11 is 0. The van der Waals surface area contributed by atoms with Crippen LogP contribution in [0.3, 0.4) is 0 Å². The number of rotatable bonds is 4. The molecule has 2 fully saturated rings. The van der Waals surface area contributed by atoms with Crippen LogP contribution < -0.4 is 10.6 Å². The van der Waals surface area contributed by atoms with E-state index in [0.29, 0.717) is 17.4 Å². The summed E-state index contributed by atoms with van der Waals surface area (Å²) in [5.74, 6) is 3.52. The van der Waals surface area contributed by atoms with Gasteiger partial charge in [0, 0.05) is 25.1 Å². The molecule has 1 atom stereocenters. The van der Waals surface area contributed by atoms with Gasteiger partial charge in [0.2, 0.25) is 0 Å². The van der Waals surface area contributed by atoms with Gasteiger partial charge in [0.05, 0.1) is 0 Å². The fourth-order valence-electron chi connectivity index (χ4n) is 3.22. The lowest BCUT2D eigenvalue weighted by Crippen LogP contribution is -2.32. The lowest BCUT2D eigenvalue weighted by Gasteiger charge is -2.35. The van der Waals surface area contributed by atoms with Crippen molar-refractivity contribution in [3.63, 3.8) is 0 Å². The van der Waals surface area contributed by atoms with E-state index >= 15 is 0 Å². The molecule has 20 heavy (non-hydrogen) atoms. The average Bonchev–Trinajstić information content (AvgIpc) is 3.21. The smallest absolute Gasteiger partial charge is 0.136 e. The Hall–Kier alpha value is -1.32. The Morgan fingerprint density at radius 3 is 2.55 bits per heavy atom. The van der Waals surface area contributed by atoms with E-state index in [0.717, 1.165) is 17.5 Å². The third kappa shape index (κ3) is 3.22. The molecule has 0 saturated heterocycles. The number of nitrogens with zero attached hydrogens (tertiary/aromatic N) is 2. The molecule has 2 aliphatic rings. The van der Waals surface area contributed by atoms with Gasteiger partial charge in [0.25, 0.3) is 0 Å². The number of aromatic nitrogens is 2. The van der Waals surface area contributed by atoms with Crippen molar-refractivity contribution < 1.29 is 0 Å². The number of hydrogen-bond donors (Lipinski definition) is 2. The second-order valence-electron chi connectivity index (χ2n) is 7.12. The Labute approximate surface area is 121 Å². The molecular formula is C16H26N4. The second-order valence-corrected chi connectivity index (χ2v) is 7.12. The van der Waals surface area contributed by atoms with Crippen LogP contribution in [0.4, 0.5) is 11.6 Å². The molecule has 4 heteroatoms. The molecular weight excluding hydrogens is 248 g/mol. The maximum atomic E-state index is 4.72. The highest BCUT2D eigenvalue weighted by Gasteiger charge is 2.30. The van der Waals surface area contributed by atoms with Crippen LogP contribution in [0.2, 0.25) is 0 Å². The highest BCUT2D eigenvalue weighted by atomic mass is 15.1. The number of anilines is 2. The van der Waals surface area contributed by atoms with Crippen LogP contribution in [0, 0.1) is 5.41 Å². The van der Waals surface area contributed by atoms with Gasteiger partial charge < -0.3 is 10.6 Å². The quantitative estimate of drug-likeness (QED) is 0.877. The fourth-order valence-corrected chi connectivity index (χ4v) is 3.22. The molecule has 110 valence electrons. The van der Waals surface area contributed by atoms with E-state index in [9.17, 15) is 0 Å². The van der Waals surface area contributed by atoms with E-state index < -0.39 is 0 Å². The van der Waals surface area contributed by atoms with Crippen molar-refractivity contribution in [2.45, 2.75) is 64.3 Å². The summed E-state index contributed by atoms with van der Waals surface area (Å²) in [5.41, 5.74) is 0.452. The molecule has 2 aliphatic carbocycles. The first-order valence-corrected chi connectivity index (χ1v) is 7.89. The first-order chi connectivity index (χ1) is 9.55. The maximum Gasteiger partial charge on any atom is 0.136 e. The first kappa shape index (κ1) is 13.7. The third-order valence-corrected chi connectivity index (χ3v) is 4.50. The highest BCUT2D eigenvalue weighted by molar-refractivity contribution is 5.48. The van der Waals surface area contributed by atoms with Crippen molar-refractivity contribution in [1.29, 1.82) is 0 Å². The summed E-state index contributed by atoms with van der Waals surface area (Å²) < 4.78 is 0. The molecule has 0 aromatic carbocycles. The van der Waals surface area contributed by atoms with Crippen molar-refractivity contribution in [3.05, 3.63) is 11.9 Å². The largest absolute Gasteiger partial charge is 0.373 e. The lowest BCUT2D eigenvalue weighted by atomic mass is 9.75. The second kappa shape index (κ2) is 5.23. The highest BCUT2D eigenvalue weighted by Crippen LogP contribution is 2.39. The summed E-state index contributed by atoms with van der Waals surface area (Å²) in [6, 6.07) is 2.58. The van der Waals surface area contributed by atoms with E-state index in [2.05, 4.69) is 29.5 Å². The Morgan fingerprint density at radius 2 is 1.90 bits per heavy atom. The molecule has 0 aliphatic heterocycles. The van der Waals surface area contributed by atoms with Gasteiger partial charge >= 0.3 is 0 Å². The molecule has 1 aromatic heterocycles. The maximum absolute atomic E-state index is 4.72. The predicted octanol–water partition coefficient (Wildman–Crippen LogP) is 3.78. The van der Waals surface area contributed by atoms with Crippen molar-refractivity contribution in [2.24, 2.45) is 5.41 Å². The fraction of sp³-hybridized carbons (Fsp3) is 0.750. The summed E-state index contributed by atoms with van der Waals surface area (Å²) in [7, 11) is 1.92. The van der Waals surface area contributed by atoms with E-state index in [1.54, 1.807) is 0 Å². The number of nitrogens with one attached hydrogen (secondary N) is 2. The molecule has 2 saturated carbocycles. The van der Waals surface area contributed by atoms with Crippen molar-refractivity contribution >= 4 is 11.6 Å². The van der Waals surface area contributed by atoms with Gasteiger partial charge in [-0.2, -0.15) is 0 Å². The normalized spacial score (nSPS) is 25.2. The molecule has 1 heterocycles. The molecule has 2 N–H and O–H groups in total. The molecule has 0 spiro atoms. The average molecular weight is 274 g/mol. The molecule has 0 radical (unpaired) electrons. The van der Waals surface area contributed by atoms with Crippen molar-refractivity contribution in [1.82, 2.24) is 9.97 Å². The van der Waals surface area contributed by atoms with Gasteiger partial charge in [0.15, 0.2) is 0 Å². The van der Waals surface area contributed by atoms with Gasteiger partial charge in [-0.05, 0) is 37.5 Å².